The molecule has 3 aromatic rings. The van der Waals surface area contributed by atoms with Gasteiger partial charge in [0.15, 0.2) is 6.23 Å². The molecule has 0 heterocycles. The SMILES string of the molecule is CC(C)(Oc1ccc(C(=O)Nc2cccc(Cl)c2)cc1)C(O)Nc1ccc(Cl)cc1. The maximum atomic E-state index is 12.4. The number of halogens is 2. The second-order valence-corrected chi connectivity index (χ2v) is 8.12. The largest absolute Gasteiger partial charge is 0.483 e. The number of aliphatic hydroxyl groups excluding tert-OH is 1. The first kappa shape index (κ1) is 22.0. The molecule has 156 valence electrons. The standard InChI is InChI=1S/C23H22Cl2N2O3/c1-23(2,22(29)27-18-10-8-16(24)9-11-18)30-20-12-6-15(7-13-20)21(28)26-19-5-3-4-17(25)14-19/h3-14,22,27,29H,1-2H3,(H,26,28). The third kappa shape index (κ3) is 5.89. The molecule has 0 aromatic heterocycles. The monoisotopic (exact) mass is 444 g/mol. The second kappa shape index (κ2) is 9.39. The number of nitrogens with one attached hydrogen (secondary N) is 2. The first-order valence-electron chi connectivity index (χ1n) is 9.29. The third-order valence-electron chi connectivity index (χ3n) is 4.39. The first-order valence-corrected chi connectivity index (χ1v) is 10.0. The van der Waals surface area contributed by atoms with Crippen molar-refractivity contribution in [2.45, 2.75) is 25.7 Å². The molecular weight excluding hydrogens is 423 g/mol. The van der Waals surface area contributed by atoms with Gasteiger partial charge in [0.05, 0.1) is 0 Å². The van der Waals surface area contributed by atoms with Crippen molar-refractivity contribution in [1.29, 1.82) is 0 Å². The molecule has 3 aromatic carbocycles. The van der Waals surface area contributed by atoms with Crippen molar-refractivity contribution in [2.24, 2.45) is 0 Å². The van der Waals surface area contributed by atoms with Crippen LogP contribution in [0.4, 0.5) is 11.4 Å². The molecule has 1 unspecified atom stereocenters. The van der Waals surface area contributed by atoms with Crippen molar-refractivity contribution in [3.05, 3.63) is 88.4 Å². The van der Waals surface area contributed by atoms with Gasteiger partial charge in [0.2, 0.25) is 0 Å². The van der Waals surface area contributed by atoms with Crippen LogP contribution in [0.15, 0.2) is 72.8 Å². The highest BCUT2D eigenvalue weighted by atomic mass is 35.5. The Kier molecular flexibility index (Phi) is 6.87. The number of rotatable bonds is 7. The molecule has 5 nitrogen and oxygen atoms in total. The molecule has 7 heteroatoms. The minimum Gasteiger partial charge on any atom is -0.483 e. The summed E-state index contributed by atoms with van der Waals surface area (Å²) in [5.74, 6) is 0.267. The predicted octanol–water partition coefficient (Wildman–Crippen LogP) is 5.83. The Hall–Kier alpha value is -2.73. The molecule has 0 spiro atoms. The Morgan fingerprint density at radius 1 is 0.933 bits per heavy atom. The molecule has 0 fully saturated rings. The Labute approximate surface area is 185 Å². The van der Waals surface area contributed by atoms with Gasteiger partial charge in [-0.1, -0.05) is 29.3 Å². The molecule has 0 aliphatic rings. The van der Waals surface area contributed by atoms with Gasteiger partial charge in [-0.15, -0.1) is 0 Å². The van der Waals surface area contributed by atoms with Gasteiger partial charge in [-0.25, -0.2) is 0 Å². The van der Waals surface area contributed by atoms with E-state index in [1.54, 1.807) is 86.6 Å². The summed E-state index contributed by atoms with van der Waals surface area (Å²) in [7, 11) is 0. The van der Waals surface area contributed by atoms with Gasteiger partial charge < -0.3 is 20.5 Å². The summed E-state index contributed by atoms with van der Waals surface area (Å²) in [6.45, 7) is 3.53. The second-order valence-electron chi connectivity index (χ2n) is 7.25. The van der Waals surface area contributed by atoms with Crippen LogP contribution in [-0.4, -0.2) is 22.8 Å². The molecule has 3 rings (SSSR count). The van der Waals surface area contributed by atoms with Crippen LogP contribution in [0.5, 0.6) is 5.75 Å². The molecule has 0 bridgehead atoms. The van der Waals surface area contributed by atoms with E-state index in [1.165, 1.54) is 0 Å². The van der Waals surface area contributed by atoms with Gasteiger partial charge in [-0.3, -0.25) is 4.79 Å². The number of hydrogen-bond acceptors (Lipinski definition) is 4. The number of ether oxygens (including phenoxy) is 1. The summed E-state index contributed by atoms with van der Waals surface area (Å²) >= 11 is 11.8. The third-order valence-corrected chi connectivity index (χ3v) is 4.87. The molecule has 30 heavy (non-hydrogen) atoms. The van der Waals surface area contributed by atoms with Crippen LogP contribution in [0.3, 0.4) is 0 Å². The lowest BCUT2D eigenvalue weighted by Crippen LogP contribution is -2.46. The number of carbonyl (C=O) groups is 1. The van der Waals surface area contributed by atoms with Gasteiger partial charge in [0.25, 0.3) is 5.91 Å². The molecule has 0 saturated heterocycles. The van der Waals surface area contributed by atoms with Gasteiger partial charge in [0.1, 0.15) is 11.4 Å². The zero-order valence-electron chi connectivity index (χ0n) is 16.5. The fourth-order valence-corrected chi connectivity index (χ4v) is 3.00. The zero-order chi connectivity index (χ0) is 21.7. The number of hydrogen-bond donors (Lipinski definition) is 3. The molecule has 0 saturated carbocycles. The summed E-state index contributed by atoms with van der Waals surface area (Å²) in [4.78, 5) is 12.4. The quantitative estimate of drug-likeness (QED) is 0.400. The van der Waals surface area contributed by atoms with Crippen molar-refractivity contribution >= 4 is 40.5 Å². The fourth-order valence-electron chi connectivity index (χ4n) is 2.68. The van der Waals surface area contributed by atoms with Crippen molar-refractivity contribution in [1.82, 2.24) is 0 Å². The Bertz CT molecular complexity index is 1010. The van der Waals surface area contributed by atoms with E-state index < -0.39 is 11.8 Å². The van der Waals surface area contributed by atoms with Gasteiger partial charge in [0, 0.05) is 27.0 Å². The lowest BCUT2D eigenvalue weighted by atomic mass is 10.1. The van der Waals surface area contributed by atoms with Gasteiger partial charge in [-0.2, -0.15) is 0 Å². The van der Waals surface area contributed by atoms with Crippen LogP contribution in [0, 0.1) is 0 Å². The van der Waals surface area contributed by atoms with Crippen molar-refractivity contribution in [3.63, 3.8) is 0 Å². The van der Waals surface area contributed by atoms with Crippen molar-refractivity contribution < 1.29 is 14.6 Å². The van der Waals surface area contributed by atoms with E-state index in [0.717, 1.165) is 5.69 Å². The molecule has 1 amide bonds. The van der Waals surface area contributed by atoms with E-state index in [9.17, 15) is 9.90 Å². The molecule has 3 N–H and O–H groups in total. The highest BCUT2D eigenvalue weighted by Gasteiger charge is 2.30. The van der Waals surface area contributed by atoms with Crippen LogP contribution in [0.2, 0.25) is 10.0 Å². The smallest absolute Gasteiger partial charge is 0.255 e. The summed E-state index contributed by atoms with van der Waals surface area (Å²) in [6.07, 6.45) is -0.982. The van der Waals surface area contributed by atoms with E-state index in [4.69, 9.17) is 27.9 Å². The number of amides is 1. The van der Waals surface area contributed by atoms with Crippen LogP contribution in [0.25, 0.3) is 0 Å². The van der Waals surface area contributed by atoms with E-state index in [1.807, 2.05) is 0 Å². The van der Waals surface area contributed by atoms with E-state index >= 15 is 0 Å². The van der Waals surface area contributed by atoms with Crippen LogP contribution in [-0.2, 0) is 0 Å². The molecule has 1 atom stereocenters. The molecular formula is C23H22Cl2N2O3. The van der Waals surface area contributed by atoms with Gasteiger partial charge >= 0.3 is 0 Å². The van der Waals surface area contributed by atoms with Crippen molar-refractivity contribution in [2.75, 3.05) is 10.6 Å². The average molecular weight is 445 g/mol. The molecule has 0 aliphatic heterocycles. The van der Waals surface area contributed by atoms with E-state index in [-0.39, 0.29) is 5.91 Å². The van der Waals surface area contributed by atoms with E-state index in [0.29, 0.717) is 27.0 Å². The van der Waals surface area contributed by atoms with E-state index in [2.05, 4.69) is 10.6 Å². The topological polar surface area (TPSA) is 70.6 Å². The normalized spacial score (nSPS) is 12.2. The summed E-state index contributed by atoms with van der Waals surface area (Å²) in [6, 6.07) is 20.6. The minimum atomic E-state index is -0.982. The Morgan fingerprint density at radius 3 is 2.23 bits per heavy atom. The Balaban J connectivity index is 1.62. The van der Waals surface area contributed by atoms with Crippen LogP contribution in [0.1, 0.15) is 24.2 Å². The average Bonchev–Trinajstić information content (AvgIpc) is 2.70. The number of benzene rings is 3. The lowest BCUT2D eigenvalue weighted by Gasteiger charge is -2.32. The number of aliphatic hydroxyl groups is 1. The summed E-state index contributed by atoms with van der Waals surface area (Å²) in [5.41, 5.74) is 0.867. The van der Waals surface area contributed by atoms with Gasteiger partial charge in [-0.05, 0) is 80.6 Å². The lowest BCUT2D eigenvalue weighted by molar-refractivity contribution is -0.0124. The molecule has 0 radical (unpaired) electrons. The predicted molar refractivity (Wildman–Crippen MR) is 122 cm³/mol. The highest BCUT2D eigenvalue weighted by Crippen LogP contribution is 2.24. The number of anilines is 2. The summed E-state index contributed by atoms with van der Waals surface area (Å²) in [5, 5.41) is 17.5. The highest BCUT2D eigenvalue weighted by molar-refractivity contribution is 6.31. The molecule has 0 aliphatic carbocycles. The van der Waals surface area contributed by atoms with Crippen LogP contribution < -0.4 is 15.4 Å². The minimum absolute atomic E-state index is 0.257. The fraction of sp³-hybridized carbons (Fsp3) is 0.174. The number of carbonyl (C=O) groups excluding carboxylic acids is 1. The zero-order valence-corrected chi connectivity index (χ0v) is 18.0. The maximum Gasteiger partial charge on any atom is 0.255 e. The maximum absolute atomic E-state index is 12.4. The first-order chi connectivity index (χ1) is 14.2. The van der Waals surface area contributed by atoms with Crippen molar-refractivity contribution in [3.8, 4) is 5.75 Å². The Morgan fingerprint density at radius 2 is 1.60 bits per heavy atom. The summed E-state index contributed by atoms with van der Waals surface area (Å²) < 4.78 is 5.94. The van der Waals surface area contributed by atoms with Crippen LogP contribution >= 0.6 is 23.2 Å².